The number of benzene rings is 2. The second-order valence-corrected chi connectivity index (χ2v) is 6.73. The lowest BCUT2D eigenvalue weighted by Gasteiger charge is -2.07. The maximum atomic E-state index is 12.4. The third kappa shape index (κ3) is 4.43. The number of hydrogen-bond acceptors (Lipinski definition) is 2. The van der Waals surface area contributed by atoms with Gasteiger partial charge < -0.3 is 5.32 Å². The van der Waals surface area contributed by atoms with Gasteiger partial charge in [-0.3, -0.25) is 4.79 Å². The predicted molar refractivity (Wildman–Crippen MR) is 107 cm³/mol. The quantitative estimate of drug-likeness (QED) is 0.720. The van der Waals surface area contributed by atoms with E-state index in [0.29, 0.717) is 6.42 Å². The Morgan fingerprint density at radius 3 is 2.78 bits per heavy atom. The zero-order valence-corrected chi connectivity index (χ0v) is 15.0. The Labute approximate surface area is 159 Å². The molecule has 1 N–H and O–H groups in total. The van der Waals surface area contributed by atoms with Gasteiger partial charge in [0.1, 0.15) is 5.69 Å². The van der Waals surface area contributed by atoms with Gasteiger partial charge in [0.25, 0.3) is 0 Å². The fraction of sp³-hybridized carbons (Fsp3) is 0.167. The lowest BCUT2D eigenvalue weighted by molar-refractivity contribution is -0.115. The minimum Gasteiger partial charge on any atom is -0.326 e. The molecule has 1 heterocycles. The molecule has 4 rings (SSSR count). The first-order valence-electron chi connectivity index (χ1n) is 9.20. The highest BCUT2D eigenvalue weighted by molar-refractivity contribution is 5.92. The monoisotopic (exact) mass is 352 g/mol. The summed E-state index contributed by atoms with van der Waals surface area (Å²) in [6, 6.07) is 19.6. The summed E-state index contributed by atoms with van der Waals surface area (Å²) < 4.78 is 0. The third-order valence-corrected chi connectivity index (χ3v) is 4.67. The van der Waals surface area contributed by atoms with Crippen LogP contribution in [0.2, 0.25) is 0 Å². The number of nitrogens with one attached hydrogen (secondary N) is 1. The van der Waals surface area contributed by atoms with Gasteiger partial charge in [-0.25, -0.2) is 4.98 Å². The molecule has 3 heteroatoms. The Kier molecular flexibility index (Phi) is 4.98. The first-order chi connectivity index (χ1) is 13.3. The highest BCUT2D eigenvalue weighted by atomic mass is 16.1. The number of fused-ring (bicyclic) bond motifs is 1. The van der Waals surface area contributed by atoms with E-state index in [0.717, 1.165) is 35.3 Å². The van der Waals surface area contributed by atoms with Crippen LogP contribution in [0.3, 0.4) is 0 Å². The van der Waals surface area contributed by atoms with E-state index in [9.17, 15) is 4.79 Å². The third-order valence-electron chi connectivity index (χ3n) is 4.67. The molecule has 2 aromatic carbocycles. The summed E-state index contributed by atoms with van der Waals surface area (Å²) in [6.45, 7) is 0. The number of aromatic nitrogens is 1. The largest absolute Gasteiger partial charge is 0.326 e. The Hall–Kier alpha value is -3.38. The number of carbonyl (C=O) groups is 1. The van der Waals surface area contributed by atoms with Crippen molar-refractivity contribution >= 4 is 11.6 Å². The van der Waals surface area contributed by atoms with Gasteiger partial charge in [0.15, 0.2) is 0 Å². The smallest absolute Gasteiger partial charge is 0.228 e. The van der Waals surface area contributed by atoms with E-state index >= 15 is 0 Å². The van der Waals surface area contributed by atoms with Gasteiger partial charge in [-0.05, 0) is 72.2 Å². The topological polar surface area (TPSA) is 42.0 Å². The Bertz CT molecular complexity index is 1030. The molecule has 0 aliphatic heterocycles. The fourth-order valence-corrected chi connectivity index (χ4v) is 3.37. The number of amides is 1. The number of nitrogens with zero attached hydrogens (tertiary/aromatic N) is 1. The number of carbonyl (C=O) groups excluding carboxylic acids is 1. The van der Waals surface area contributed by atoms with Crippen molar-refractivity contribution < 1.29 is 4.79 Å². The lowest BCUT2D eigenvalue weighted by atomic mass is 10.0. The maximum Gasteiger partial charge on any atom is 0.228 e. The van der Waals surface area contributed by atoms with Gasteiger partial charge in [-0.2, -0.15) is 0 Å². The van der Waals surface area contributed by atoms with Crippen molar-refractivity contribution in [1.29, 1.82) is 0 Å². The molecule has 0 fully saturated rings. The van der Waals surface area contributed by atoms with Crippen LogP contribution in [0.25, 0.3) is 0 Å². The molecule has 3 aromatic rings. The molecule has 1 aliphatic rings. The molecule has 132 valence electrons. The molecule has 1 aliphatic carbocycles. The summed E-state index contributed by atoms with van der Waals surface area (Å²) >= 11 is 0. The molecule has 0 spiro atoms. The molecular weight excluding hydrogens is 332 g/mol. The van der Waals surface area contributed by atoms with Crippen molar-refractivity contribution in [1.82, 2.24) is 4.98 Å². The van der Waals surface area contributed by atoms with Crippen molar-refractivity contribution in [2.45, 2.75) is 25.7 Å². The minimum absolute atomic E-state index is 0.0113. The van der Waals surface area contributed by atoms with E-state index in [1.165, 1.54) is 17.5 Å². The Morgan fingerprint density at radius 1 is 0.963 bits per heavy atom. The van der Waals surface area contributed by atoms with Crippen molar-refractivity contribution in [3.8, 4) is 11.8 Å². The molecule has 0 radical (unpaired) electrons. The normalized spacial score (nSPS) is 12.0. The average molecular weight is 352 g/mol. The molecule has 0 atom stereocenters. The predicted octanol–water partition coefficient (Wildman–Crippen LogP) is 4.15. The second kappa shape index (κ2) is 7.88. The van der Waals surface area contributed by atoms with E-state index in [1.54, 1.807) is 6.20 Å². The van der Waals surface area contributed by atoms with Crippen molar-refractivity contribution in [2.75, 3.05) is 5.32 Å². The van der Waals surface area contributed by atoms with E-state index in [2.05, 4.69) is 40.3 Å². The molecular formula is C24H20N2O. The highest BCUT2D eigenvalue weighted by Crippen LogP contribution is 2.23. The number of pyridine rings is 1. The number of anilines is 1. The molecule has 0 unspecified atom stereocenters. The van der Waals surface area contributed by atoms with E-state index in [-0.39, 0.29) is 5.91 Å². The zero-order chi connectivity index (χ0) is 18.5. The summed E-state index contributed by atoms with van der Waals surface area (Å²) in [5, 5.41) is 2.97. The molecule has 0 saturated heterocycles. The molecule has 1 amide bonds. The SMILES string of the molecule is O=C(Cc1ccc2c(c1)CCC2)Nc1cccc(C#Cc2ccccn2)c1. The van der Waals surface area contributed by atoms with Crippen LogP contribution in [0.5, 0.6) is 0 Å². The van der Waals surface area contributed by atoms with Crippen molar-refractivity contribution in [2.24, 2.45) is 0 Å². The minimum atomic E-state index is -0.0113. The van der Waals surface area contributed by atoms with Crippen LogP contribution in [0.4, 0.5) is 5.69 Å². The first-order valence-corrected chi connectivity index (χ1v) is 9.20. The standard InChI is InChI=1S/C24H20N2O/c27-24(17-19-10-12-20-6-4-7-21(20)15-19)26-23-9-3-5-18(16-23)11-13-22-8-1-2-14-25-22/h1-3,5,8-10,12,14-16H,4,6-7,17H2,(H,26,27). The van der Waals surface area contributed by atoms with Gasteiger partial charge in [0.2, 0.25) is 5.91 Å². The van der Waals surface area contributed by atoms with Crippen LogP contribution >= 0.6 is 0 Å². The van der Waals surface area contributed by atoms with Crippen LogP contribution in [0.1, 0.15) is 34.4 Å². The second-order valence-electron chi connectivity index (χ2n) is 6.73. The van der Waals surface area contributed by atoms with Crippen LogP contribution in [0, 0.1) is 11.8 Å². The number of aryl methyl sites for hydroxylation is 2. The maximum absolute atomic E-state index is 12.4. The van der Waals surface area contributed by atoms with Gasteiger partial charge in [-0.1, -0.05) is 36.3 Å². The van der Waals surface area contributed by atoms with Gasteiger partial charge in [0, 0.05) is 17.4 Å². The molecule has 1 aromatic heterocycles. The van der Waals surface area contributed by atoms with Crippen LogP contribution in [0.15, 0.2) is 66.9 Å². The van der Waals surface area contributed by atoms with Crippen LogP contribution in [-0.4, -0.2) is 10.9 Å². The summed E-state index contributed by atoms with van der Waals surface area (Å²) in [6.07, 6.45) is 5.62. The van der Waals surface area contributed by atoms with E-state index < -0.39 is 0 Å². The highest BCUT2D eigenvalue weighted by Gasteiger charge is 2.12. The van der Waals surface area contributed by atoms with Crippen molar-refractivity contribution in [3.05, 3.63) is 94.8 Å². The van der Waals surface area contributed by atoms with Gasteiger partial charge >= 0.3 is 0 Å². The fourth-order valence-electron chi connectivity index (χ4n) is 3.37. The van der Waals surface area contributed by atoms with E-state index in [1.807, 2.05) is 42.5 Å². The van der Waals surface area contributed by atoms with Crippen LogP contribution < -0.4 is 5.32 Å². The molecule has 27 heavy (non-hydrogen) atoms. The van der Waals surface area contributed by atoms with E-state index in [4.69, 9.17) is 0 Å². The van der Waals surface area contributed by atoms with Crippen molar-refractivity contribution in [3.63, 3.8) is 0 Å². The Balaban J connectivity index is 1.42. The summed E-state index contributed by atoms with van der Waals surface area (Å²) in [5.41, 5.74) is 6.22. The average Bonchev–Trinajstić information content (AvgIpc) is 3.15. The number of hydrogen-bond donors (Lipinski definition) is 1. The summed E-state index contributed by atoms with van der Waals surface area (Å²) in [7, 11) is 0. The molecule has 0 bridgehead atoms. The molecule has 3 nitrogen and oxygen atoms in total. The summed E-state index contributed by atoms with van der Waals surface area (Å²) in [4.78, 5) is 16.6. The zero-order valence-electron chi connectivity index (χ0n) is 15.0. The van der Waals surface area contributed by atoms with Gasteiger partial charge in [-0.15, -0.1) is 0 Å². The number of rotatable bonds is 3. The Morgan fingerprint density at radius 2 is 1.89 bits per heavy atom. The lowest BCUT2D eigenvalue weighted by Crippen LogP contribution is -2.14. The first kappa shape index (κ1) is 17.1. The van der Waals surface area contributed by atoms with Crippen LogP contribution in [-0.2, 0) is 24.1 Å². The van der Waals surface area contributed by atoms with Gasteiger partial charge in [0.05, 0.1) is 6.42 Å². The molecule has 0 saturated carbocycles. The summed E-state index contributed by atoms with van der Waals surface area (Å²) in [5.74, 6) is 6.11.